The number of halogens is 1. The van der Waals surface area contributed by atoms with Gasteiger partial charge in [-0.15, -0.1) is 11.8 Å². The van der Waals surface area contributed by atoms with Crippen LogP contribution in [0.3, 0.4) is 0 Å². The van der Waals surface area contributed by atoms with Crippen LogP contribution in [0.25, 0.3) is 0 Å². The first-order valence-corrected chi connectivity index (χ1v) is 5.57. The number of cyclic esters (lactones) is 2. The molecule has 15 heavy (non-hydrogen) atoms. The molecule has 1 atom stereocenters. The van der Waals surface area contributed by atoms with Gasteiger partial charge in [0.05, 0.1) is 6.42 Å². The molecule has 1 saturated heterocycles. The number of thioether (sulfide) groups is 1. The van der Waals surface area contributed by atoms with E-state index in [0.29, 0.717) is 5.02 Å². The zero-order chi connectivity index (χ0) is 10.8. The minimum absolute atomic E-state index is 0.135. The summed E-state index contributed by atoms with van der Waals surface area (Å²) in [5.41, 5.74) is 0. The molecule has 0 aromatic heterocycles. The van der Waals surface area contributed by atoms with Crippen molar-refractivity contribution in [3.05, 3.63) is 29.3 Å². The largest absolute Gasteiger partial charge is 0.392 e. The van der Waals surface area contributed by atoms with E-state index >= 15 is 0 Å². The smallest absolute Gasteiger partial charge is 0.327 e. The van der Waals surface area contributed by atoms with Crippen LogP contribution >= 0.6 is 23.4 Å². The topological polar surface area (TPSA) is 43.4 Å². The van der Waals surface area contributed by atoms with Gasteiger partial charge < -0.3 is 4.74 Å². The maximum Gasteiger partial charge on any atom is 0.327 e. The average molecular weight is 243 g/mol. The van der Waals surface area contributed by atoms with Gasteiger partial charge in [0.1, 0.15) is 5.25 Å². The Balaban J connectivity index is 2.09. The Kier molecular flexibility index (Phi) is 2.98. The van der Waals surface area contributed by atoms with Crippen LogP contribution in [0.5, 0.6) is 0 Å². The van der Waals surface area contributed by atoms with E-state index in [-0.39, 0.29) is 6.42 Å². The normalized spacial score (nSPS) is 20.5. The third kappa shape index (κ3) is 2.52. The Labute approximate surface area is 95.7 Å². The Morgan fingerprint density at radius 2 is 2.20 bits per heavy atom. The molecular weight excluding hydrogens is 236 g/mol. The summed E-state index contributed by atoms with van der Waals surface area (Å²) < 4.78 is 4.44. The average Bonchev–Trinajstić information content (AvgIpc) is 2.45. The monoisotopic (exact) mass is 242 g/mol. The molecule has 1 aromatic carbocycles. The van der Waals surface area contributed by atoms with E-state index in [1.54, 1.807) is 18.2 Å². The molecule has 0 saturated carbocycles. The van der Waals surface area contributed by atoms with Gasteiger partial charge in [-0.25, -0.2) is 0 Å². The number of carbonyl (C=O) groups is 2. The molecule has 1 aromatic rings. The first-order chi connectivity index (χ1) is 7.15. The van der Waals surface area contributed by atoms with Gasteiger partial charge in [0.25, 0.3) is 0 Å². The lowest BCUT2D eigenvalue weighted by Crippen LogP contribution is -2.08. The predicted molar refractivity (Wildman–Crippen MR) is 56.8 cm³/mol. The van der Waals surface area contributed by atoms with Crippen molar-refractivity contribution in [1.29, 1.82) is 0 Å². The SMILES string of the molecule is O=C1CC(Sc2cccc(Cl)c2)C(=O)O1. The number of benzene rings is 1. The van der Waals surface area contributed by atoms with Crippen LogP contribution in [-0.4, -0.2) is 17.2 Å². The van der Waals surface area contributed by atoms with E-state index in [1.165, 1.54) is 11.8 Å². The molecule has 1 aliphatic heterocycles. The van der Waals surface area contributed by atoms with Crippen molar-refractivity contribution in [3.8, 4) is 0 Å². The summed E-state index contributed by atoms with van der Waals surface area (Å²) in [4.78, 5) is 22.9. The summed E-state index contributed by atoms with van der Waals surface area (Å²) in [6.45, 7) is 0. The van der Waals surface area contributed by atoms with Crippen molar-refractivity contribution in [2.24, 2.45) is 0 Å². The second-order valence-electron chi connectivity index (χ2n) is 3.06. The van der Waals surface area contributed by atoms with Crippen LogP contribution in [0.2, 0.25) is 5.02 Å². The van der Waals surface area contributed by atoms with E-state index in [4.69, 9.17) is 11.6 Å². The maximum absolute atomic E-state index is 11.2. The first-order valence-electron chi connectivity index (χ1n) is 4.32. The Morgan fingerprint density at radius 3 is 2.80 bits per heavy atom. The molecule has 0 spiro atoms. The zero-order valence-corrected chi connectivity index (χ0v) is 9.18. The molecule has 1 fully saturated rings. The van der Waals surface area contributed by atoms with Gasteiger partial charge in [-0.05, 0) is 18.2 Å². The molecule has 1 aliphatic rings. The zero-order valence-electron chi connectivity index (χ0n) is 7.60. The summed E-state index contributed by atoms with van der Waals surface area (Å²) >= 11 is 7.10. The van der Waals surface area contributed by atoms with E-state index in [9.17, 15) is 9.59 Å². The lowest BCUT2D eigenvalue weighted by Gasteiger charge is -2.04. The van der Waals surface area contributed by atoms with E-state index in [0.717, 1.165) is 4.90 Å². The summed E-state index contributed by atoms with van der Waals surface area (Å²) in [7, 11) is 0. The second kappa shape index (κ2) is 4.24. The van der Waals surface area contributed by atoms with Gasteiger partial charge in [0.2, 0.25) is 0 Å². The highest BCUT2D eigenvalue weighted by Crippen LogP contribution is 2.31. The first kappa shape index (κ1) is 10.5. The lowest BCUT2D eigenvalue weighted by atomic mass is 10.3. The van der Waals surface area contributed by atoms with Crippen molar-refractivity contribution < 1.29 is 14.3 Å². The third-order valence-electron chi connectivity index (χ3n) is 1.90. The Morgan fingerprint density at radius 1 is 1.40 bits per heavy atom. The fourth-order valence-corrected chi connectivity index (χ4v) is 2.55. The number of esters is 2. The molecule has 3 nitrogen and oxygen atoms in total. The molecular formula is C10H7ClO3S. The van der Waals surface area contributed by atoms with Crippen molar-refractivity contribution in [2.75, 3.05) is 0 Å². The van der Waals surface area contributed by atoms with Crippen LogP contribution in [0, 0.1) is 0 Å². The molecule has 1 unspecified atom stereocenters. The summed E-state index contributed by atoms with van der Waals surface area (Å²) in [6, 6.07) is 7.14. The number of carbonyl (C=O) groups excluding carboxylic acids is 2. The molecule has 0 N–H and O–H groups in total. The highest BCUT2D eigenvalue weighted by atomic mass is 35.5. The van der Waals surface area contributed by atoms with E-state index < -0.39 is 17.2 Å². The fraction of sp³-hybridized carbons (Fsp3) is 0.200. The van der Waals surface area contributed by atoms with E-state index in [1.807, 2.05) is 6.07 Å². The van der Waals surface area contributed by atoms with Crippen molar-refractivity contribution in [3.63, 3.8) is 0 Å². The molecule has 0 amide bonds. The fourth-order valence-electron chi connectivity index (χ4n) is 1.25. The summed E-state index contributed by atoms with van der Waals surface area (Å²) in [5.74, 6) is -0.926. The van der Waals surface area contributed by atoms with Gasteiger partial charge >= 0.3 is 11.9 Å². The molecule has 2 rings (SSSR count). The Bertz CT molecular complexity index is 419. The number of hydrogen-bond donors (Lipinski definition) is 0. The van der Waals surface area contributed by atoms with Gasteiger partial charge in [-0.2, -0.15) is 0 Å². The van der Waals surface area contributed by atoms with Crippen LogP contribution < -0.4 is 0 Å². The standard InChI is InChI=1S/C10H7ClO3S/c11-6-2-1-3-7(4-6)15-8-5-9(12)14-10(8)13/h1-4,8H,5H2. The summed E-state index contributed by atoms with van der Waals surface area (Å²) in [6.07, 6.45) is 0.135. The van der Waals surface area contributed by atoms with Gasteiger partial charge in [0.15, 0.2) is 0 Å². The number of rotatable bonds is 2. The van der Waals surface area contributed by atoms with Crippen LogP contribution in [0.1, 0.15) is 6.42 Å². The second-order valence-corrected chi connectivity index (χ2v) is 4.77. The Hall–Kier alpha value is -1.00. The minimum Gasteiger partial charge on any atom is -0.392 e. The van der Waals surface area contributed by atoms with Crippen LogP contribution in [0.4, 0.5) is 0 Å². The van der Waals surface area contributed by atoms with Crippen molar-refractivity contribution >= 4 is 35.3 Å². The number of hydrogen-bond acceptors (Lipinski definition) is 4. The number of ether oxygens (including phenoxy) is 1. The third-order valence-corrected chi connectivity index (χ3v) is 3.31. The minimum atomic E-state index is -0.468. The van der Waals surface area contributed by atoms with Crippen LogP contribution in [0.15, 0.2) is 29.2 Å². The molecule has 0 aliphatic carbocycles. The van der Waals surface area contributed by atoms with Gasteiger partial charge in [-0.3, -0.25) is 9.59 Å². The molecule has 0 radical (unpaired) electrons. The van der Waals surface area contributed by atoms with Crippen molar-refractivity contribution in [2.45, 2.75) is 16.6 Å². The molecule has 0 bridgehead atoms. The highest BCUT2D eigenvalue weighted by molar-refractivity contribution is 8.00. The quantitative estimate of drug-likeness (QED) is 0.590. The molecule has 5 heteroatoms. The summed E-state index contributed by atoms with van der Waals surface area (Å²) in [5, 5.41) is 0.175. The van der Waals surface area contributed by atoms with Crippen LogP contribution in [-0.2, 0) is 14.3 Å². The molecule has 1 heterocycles. The van der Waals surface area contributed by atoms with E-state index in [2.05, 4.69) is 4.74 Å². The van der Waals surface area contributed by atoms with Crippen molar-refractivity contribution in [1.82, 2.24) is 0 Å². The maximum atomic E-state index is 11.2. The highest BCUT2D eigenvalue weighted by Gasteiger charge is 2.34. The lowest BCUT2D eigenvalue weighted by molar-refractivity contribution is -0.151. The predicted octanol–water partition coefficient (Wildman–Crippen LogP) is 2.27. The molecule has 78 valence electrons. The van der Waals surface area contributed by atoms with Gasteiger partial charge in [0, 0.05) is 9.92 Å². The van der Waals surface area contributed by atoms with Gasteiger partial charge in [-0.1, -0.05) is 17.7 Å².